The summed E-state index contributed by atoms with van der Waals surface area (Å²) in [5, 5.41) is 3.41. The molecule has 3 aromatic rings. The van der Waals surface area contributed by atoms with Gasteiger partial charge in [-0.1, -0.05) is 30.3 Å². The fraction of sp³-hybridized carbons (Fsp3) is 0.314. The molecule has 5 nitrogen and oxygen atoms in total. The second kappa shape index (κ2) is 13.3. The SMILES string of the molecule is CCN(c1ccc(CC2=CC(=Nc3ccc(N(CC)C(C)C)cc3)C(Nc3ccccc3)=CC2=O)cc1)C(C)C. The van der Waals surface area contributed by atoms with E-state index in [4.69, 9.17) is 4.99 Å². The van der Waals surface area contributed by atoms with E-state index in [0.29, 0.717) is 24.2 Å². The van der Waals surface area contributed by atoms with Gasteiger partial charge in [0.1, 0.15) is 0 Å². The molecule has 0 saturated carbocycles. The average molecular weight is 535 g/mol. The predicted octanol–water partition coefficient (Wildman–Crippen LogP) is 7.98. The van der Waals surface area contributed by atoms with Gasteiger partial charge in [0, 0.05) is 60.3 Å². The van der Waals surface area contributed by atoms with Crippen molar-refractivity contribution >= 4 is 34.2 Å². The van der Waals surface area contributed by atoms with Crippen LogP contribution in [0.15, 0.2) is 107 Å². The lowest BCUT2D eigenvalue weighted by Crippen LogP contribution is -2.30. The summed E-state index contributed by atoms with van der Waals surface area (Å²) in [6, 6.07) is 27.6. The van der Waals surface area contributed by atoms with Gasteiger partial charge in [-0.2, -0.15) is 0 Å². The van der Waals surface area contributed by atoms with Gasteiger partial charge in [-0.25, -0.2) is 4.99 Å². The first kappa shape index (κ1) is 28.9. The van der Waals surface area contributed by atoms with Crippen molar-refractivity contribution in [1.29, 1.82) is 0 Å². The van der Waals surface area contributed by atoms with E-state index in [2.05, 4.69) is 93.1 Å². The van der Waals surface area contributed by atoms with Gasteiger partial charge in [0.25, 0.3) is 0 Å². The highest BCUT2D eigenvalue weighted by atomic mass is 16.1. The van der Waals surface area contributed by atoms with Gasteiger partial charge in [-0.3, -0.25) is 4.79 Å². The molecule has 0 unspecified atom stereocenters. The Balaban J connectivity index is 1.63. The lowest BCUT2D eigenvalue weighted by Gasteiger charge is -2.27. The minimum atomic E-state index is 0.00434. The highest BCUT2D eigenvalue weighted by Crippen LogP contribution is 2.26. The molecule has 0 fully saturated rings. The van der Waals surface area contributed by atoms with E-state index in [9.17, 15) is 4.79 Å². The molecule has 1 aliphatic carbocycles. The summed E-state index contributed by atoms with van der Waals surface area (Å²) in [5.41, 5.74) is 7.42. The van der Waals surface area contributed by atoms with Crippen LogP contribution >= 0.6 is 0 Å². The average Bonchev–Trinajstić information content (AvgIpc) is 2.94. The van der Waals surface area contributed by atoms with Crippen molar-refractivity contribution in [2.45, 2.75) is 60.0 Å². The highest BCUT2D eigenvalue weighted by Gasteiger charge is 2.20. The Morgan fingerprint density at radius 3 is 1.80 bits per heavy atom. The lowest BCUT2D eigenvalue weighted by atomic mass is 9.94. The van der Waals surface area contributed by atoms with E-state index in [1.807, 2.05) is 48.5 Å². The Bertz CT molecular complexity index is 1370. The summed E-state index contributed by atoms with van der Waals surface area (Å²) in [6.45, 7) is 15.1. The molecular weight excluding hydrogens is 492 g/mol. The number of benzene rings is 3. The van der Waals surface area contributed by atoms with Crippen LogP contribution in [0, 0.1) is 0 Å². The number of nitrogens with one attached hydrogen (secondary N) is 1. The van der Waals surface area contributed by atoms with Crippen molar-refractivity contribution in [1.82, 2.24) is 0 Å². The summed E-state index contributed by atoms with van der Waals surface area (Å²) in [5.74, 6) is 0.00434. The maximum atomic E-state index is 13.3. The summed E-state index contributed by atoms with van der Waals surface area (Å²) < 4.78 is 0. The Morgan fingerprint density at radius 2 is 1.27 bits per heavy atom. The Kier molecular flexibility index (Phi) is 9.60. The van der Waals surface area contributed by atoms with Crippen LogP contribution in [0.1, 0.15) is 47.1 Å². The molecule has 0 heterocycles. The molecule has 0 aromatic heterocycles. The summed E-state index contributed by atoms with van der Waals surface area (Å²) in [6.07, 6.45) is 4.17. The monoisotopic (exact) mass is 534 g/mol. The van der Waals surface area contributed by atoms with Gasteiger partial charge in [-0.15, -0.1) is 0 Å². The summed E-state index contributed by atoms with van der Waals surface area (Å²) in [4.78, 5) is 23.0. The molecule has 0 atom stereocenters. The third-order valence-corrected chi connectivity index (χ3v) is 7.25. The molecule has 0 bridgehead atoms. The van der Waals surface area contributed by atoms with Crippen LogP contribution < -0.4 is 15.1 Å². The van der Waals surface area contributed by atoms with Crippen LogP contribution in [0.2, 0.25) is 0 Å². The van der Waals surface area contributed by atoms with Crippen LogP contribution in [0.5, 0.6) is 0 Å². The zero-order chi connectivity index (χ0) is 28.6. The second-order valence-corrected chi connectivity index (χ2v) is 10.7. The van der Waals surface area contributed by atoms with Crippen molar-refractivity contribution in [3.8, 4) is 0 Å². The smallest absolute Gasteiger partial charge is 0.184 e. The molecule has 0 saturated heterocycles. The van der Waals surface area contributed by atoms with Gasteiger partial charge in [-0.05, 0) is 102 Å². The number of carbonyl (C=O) groups is 1. The van der Waals surface area contributed by atoms with Gasteiger partial charge in [0.2, 0.25) is 0 Å². The molecule has 208 valence electrons. The largest absolute Gasteiger partial charge is 0.369 e. The van der Waals surface area contributed by atoms with E-state index in [-0.39, 0.29) is 5.78 Å². The number of para-hydroxylation sites is 1. The minimum absolute atomic E-state index is 0.00434. The molecule has 4 rings (SSSR count). The normalized spacial score (nSPS) is 14.4. The van der Waals surface area contributed by atoms with Crippen molar-refractivity contribution in [3.63, 3.8) is 0 Å². The summed E-state index contributed by atoms with van der Waals surface area (Å²) >= 11 is 0. The first-order valence-corrected chi connectivity index (χ1v) is 14.4. The predicted molar refractivity (Wildman–Crippen MR) is 171 cm³/mol. The fourth-order valence-electron chi connectivity index (χ4n) is 5.19. The number of anilines is 3. The highest BCUT2D eigenvalue weighted by molar-refractivity contribution is 6.23. The maximum Gasteiger partial charge on any atom is 0.184 e. The topological polar surface area (TPSA) is 47.9 Å². The molecule has 0 radical (unpaired) electrons. The second-order valence-electron chi connectivity index (χ2n) is 10.7. The lowest BCUT2D eigenvalue weighted by molar-refractivity contribution is -0.111. The zero-order valence-corrected chi connectivity index (χ0v) is 24.7. The maximum absolute atomic E-state index is 13.3. The molecule has 40 heavy (non-hydrogen) atoms. The number of hydrogen-bond donors (Lipinski definition) is 1. The molecule has 5 heteroatoms. The van der Waals surface area contributed by atoms with Crippen LogP contribution in [-0.4, -0.2) is 36.7 Å². The molecule has 1 N–H and O–H groups in total. The molecule has 3 aromatic carbocycles. The van der Waals surface area contributed by atoms with Crippen molar-refractivity contribution in [2.24, 2.45) is 4.99 Å². The van der Waals surface area contributed by atoms with Gasteiger partial charge in [0.05, 0.1) is 17.1 Å². The molecule has 0 amide bonds. The molecule has 0 spiro atoms. The number of hydrogen-bond acceptors (Lipinski definition) is 5. The third-order valence-electron chi connectivity index (χ3n) is 7.25. The molecule has 1 aliphatic rings. The Labute approximate surface area is 239 Å². The quantitative estimate of drug-likeness (QED) is 0.253. The van der Waals surface area contributed by atoms with E-state index >= 15 is 0 Å². The molecule has 0 aliphatic heterocycles. The van der Waals surface area contributed by atoms with Crippen molar-refractivity contribution in [3.05, 3.63) is 108 Å². The fourth-order valence-corrected chi connectivity index (χ4v) is 5.19. The summed E-state index contributed by atoms with van der Waals surface area (Å²) in [7, 11) is 0. The number of nitrogens with zero attached hydrogens (tertiary/aromatic N) is 3. The minimum Gasteiger partial charge on any atom is -0.369 e. The van der Waals surface area contributed by atoms with E-state index in [0.717, 1.165) is 41.3 Å². The number of carbonyl (C=O) groups excluding carboxylic acids is 1. The van der Waals surface area contributed by atoms with Crippen molar-refractivity contribution < 1.29 is 4.79 Å². The van der Waals surface area contributed by atoms with Gasteiger partial charge >= 0.3 is 0 Å². The van der Waals surface area contributed by atoms with Gasteiger partial charge in [0.15, 0.2) is 5.78 Å². The Morgan fingerprint density at radius 1 is 0.725 bits per heavy atom. The van der Waals surface area contributed by atoms with Crippen LogP contribution in [-0.2, 0) is 11.2 Å². The number of aliphatic imine (C=N–C) groups is 1. The van der Waals surface area contributed by atoms with E-state index in [1.165, 1.54) is 11.4 Å². The van der Waals surface area contributed by atoms with Crippen LogP contribution in [0.25, 0.3) is 0 Å². The third kappa shape index (κ3) is 7.09. The van der Waals surface area contributed by atoms with Gasteiger partial charge < -0.3 is 15.1 Å². The van der Waals surface area contributed by atoms with Crippen molar-refractivity contribution in [2.75, 3.05) is 28.2 Å². The van der Waals surface area contributed by atoms with E-state index < -0.39 is 0 Å². The molecular formula is C35H42N4O. The first-order valence-electron chi connectivity index (χ1n) is 14.4. The van der Waals surface area contributed by atoms with Crippen LogP contribution in [0.4, 0.5) is 22.7 Å². The van der Waals surface area contributed by atoms with Crippen LogP contribution in [0.3, 0.4) is 0 Å². The number of allylic oxidation sites excluding steroid dienone is 3. The first-order chi connectivity index (χ1) is 19.3. The number of rotatable bonds is 11. The zero-order valence-electron chi connectivity index (χ0n) is 24.7. The van der Waals surface area contributed by atoms with E-state index in [1.54, 1.807) is 6.08 Å². The standard InChI is InChI=1S/C35H42N4O/c1-7-38(25(3)4)31-18-14-27(15-19-31)22-28-23-33(34(24-35(28)40)36-29-12-10-9-11-13-29)37-30-16-20-32(21-17-30)39(8-2)26(5)6/h9-21,23-26,36H,7-8,22H2,1-6H3. The number of ketones is 1. The Hall–Kier alpha value is -4.12.